The fourth-order valence-electron chi connectivity index (χ4n) is 2.33. The largest absolute Gasteiger partial charge is 0.472 e. The third kappa shape index (κ3) is 4.58. The number of rotatable bonds is 6. The van der Waals surface area contributed by atoms with Gasteiger partial charge < -0.3 is 9.64 Å². The van der Waals surface area contributed by atoms with E-state index in [0.717, 1.165) is 5.56 Å². The SMILES string of the molecule is CC[C@H]1CO/C(=C(\C=C(/Cl)[N+](=O)[O-])[N+](=O)[O-])N1Cc1ccc(Cl)nc1. The Kier molecular flexibility index (Phi) is 6.16. The van der Waals surface area contributed by atoms with Crippen LogP contribution in [0.1, 0.15) is 18.9 Å². The first-order chi connectivity index (χ1) is 11.8. The molecule has 25 heavy (non-hydrogen) atoms. The number of nitrogens with zero attached hydrogens (tertiary/aromatic N) is 4. The fourth-order valence-corrected chi connectivity index (χ4v) is 2.54. The van der Waals surface area contributed by atoms with Gasteiger partial charge in [0.25, 0.3) is 5.88 Å². The van der Waals surface area contributed by atoms with Gasteiger partial charge in [-0.05, 0) is 29.7 Å². The lowest BCUT2D eigenvalue weighted by Crippen LogP contribution is -2.30. The maximum Gasteiger partial charge on any atom is 0.344 e. The van der Waals surface area contributed by atoms with Crippen LogP contribution in [0.2, 0.25) is 5.15 Å². The van der Waals surface area contributed by atoms with Crippen LogP contribution in [-0.4, -0.2) is 32.4 Å². The lowest BCUT2D eigenvalue weighted by molar-refractivity contribution is -0.430. The molecular weight excluding hydrogens is 375 g/mol. The van der Waals surface area contributed by atoms with Crippen molar-refractivity contribution in [3.8, 4) is 0 Å². The van der Waals surface area contributed by atoms with Gasteiger partial charge in [-0.3, -0.25) is 20.2 Å². The van der Waals surface area contributed by atoms with Gasteiger partial charge in [-0.15, -0.1) is 0 Å². The first kappa shape index (κ1) is 18.9. The zero-order valence-electron chi connectivity index (χ0n) is 13.1. The molecule has 2 rings (SSSR count). The fraction of sp³-hybridized carbons (Fsp3) is 0.357. The average Bonchev–Trinajstić information content (AvgIpc) is 2.96. The number of aromatic nitrogens is 1. The minimum Gasteiger partial charge on any atom is -0.472 e. The van der Waals surface area contributed by atoms with E-state index in [1.807, 2.05) is 6.92 Å². The molecule has 0 aromatic carbocycles. The van der Waals surface area contributed by atoms with Crippen molar-refractivity contribution < 1.29 is 14.6 Å². The molecule has 0 bridgehead atoms. The quantitative estimate of drug-likeness (QED) is 0.318. The Labute approximate surface area is 152 Å². The number of allylic oxidation sites excluding steroid dienone is 1. The van der Waals surface area contributed by atoms with Crippen LogP contribution in [0.5, 0.6) is 0 Å². The predicted molar refractivity (Wildman–Crippen MR) is 89.8 cm³/mol. The summed E-state index contributed by atoms with van der Waals surface area (Å²) in [5.74, 6) is -0.0631. The maximum atomic E-state index is 11.4. The third-order valence-electron chi connectivity index (χ3n) is 3.57. The molecular formula is C14H14Cl2N4O5. The summed E-state index contributed by atoms with van der Waals surface area (Å²) in [5, 5.41) is 21.5. The molecule has 0 radical (unpaired) electrons. The molecule has 0 N–H and O–H groups in total. The summed E-state index contributed by atoms with van der Waals surface area (Å²) >= 11 is 11.2. The maximum absolute atomic E-state index is 11.4. The highest BCUT2D eigenvalue weighted by Crippen LogP contribution is 2.29. The molecule has 9 nitrogen and oxygen atoms in total. The van der Waals surface area contributed by atoms with Crippen molar-refractivity contribution in [3.05, 3.63) is 72.1 Å². The zero-order valence-corrected chi connectivity index (χ0v) is 14.6. The molecule has 0 aliphatic carbocycles. The highest BCUT2D eigenvalue weighted by atomic mass is 35.5. The molecule has 2 heterocycles. The molecule has 1 atom stereocenters. The van der Waals surface area contributed by atoms with Crippen LogP contribution in [0.3, 0.4) is 0 Å². The van der Waals surface area contributed by atoms with Gasteiger partial charge in [-0.2, -0.15) is 0 Å². The van der Waals surface area contributed by atoms with E-state index in [4.69, 9.17) is 27.9 Å². The van der Waals surface area contributed by atoms with E-state index in [-0.39, 0.29) is 25.1 Å². The van der Waals surface area contributed by atoms with E-state index < -0.39 is 20.7 Å². The second-order valence-corrected chi connectivity index (χ2v) is 5.94. The summed E-state index contributed by atoms with van der Waals surface area (Å²) in [7, 11) is 0. The Morgan fingerprint density at radius 2 is 2.16 bits per heavy atom. The highest BCUT2D eigenvalue weighted by molar-refractivity contribution is 6.29. The van der Waals surface area contributed by atoms with E-state index in [2.05, 4.69) is 4.98 Å². The van der Waals surface area contributed by atoms with Crippen LogP contribution in [-0.2, 0) is 11.3 Å². The van der Waals surface area contributed by atoms with Crippen LogP contribution >= 0.6 is 23.2 Å². The number of halogens is 2. The van der Waals surface area contributed by atoms with Crippen molar-refractivity contribution in [2.75, 3.05) is 6.61 Å². The summed E-state index contributed by atoms with van der Waals surface area (Å²) in [6.07, 6.45) is 2.90. The Hall–Kier alpha value is -2.39. The number of hydrogen-bond acceptors (Lipinski definition) is 7. The number of pyridine rings is 1. The molecule has 1 aromatic rings. The molecule has 11 heteroatoms. The van der Waals surface area contributed by atoms with Crippen LogP contribution in [0.25, 0.3) is 0 Å². The van der Waals surface area contributed by atoms with Crippen LogP contribution in [0.15, 0.2) is 41.1 Å². The molecule has 1 fully saturated rings. The van der Waals surface area contributed by atoms with E-state index in [1.54, 1.807) is 23.2 Å². The highest BCUT2D eigenvalue weighted by Gasteiger charge is 2.36. The molecule has 0 amide bonds. The van der Waals surface area contributed by atoms with Gasteiger partial charge in [-0.1, -0.05) is 24.6 Å². The van der Waals surface area contributed by atoms with Crippen LogP contribution in [0.4, 0.5) is 0 Å². The minimum atomic E-state index is -0.911. The standard InChI is InChI=1S/C14H14Cl2N4O5/c1-2-10-8-25-14(11(19(21)22)5-13(16)20(23)24)18(10)7-9-3-4-12(15)17-6-9/h3-6,10H,2,7-8H2,1H3/b13-5+,14-11+/t10-/m0/s1. The smallest absolute Gasteiger partial charge is 0.344 e. The molecule has 1 aliphatic rings. The number of nitro groups is 2. The van der Waals surface area contributed by atoms with Crippen molar-refractivity contribution in [1.82, 2.24) is 9.88 Å². The molecule has 1 aliphatic heterocycles. The summed E-state index contributed by atoms with van der Waals surface area (Å²) in [6.45, 7) is 2.42. The van der Waals surface area contributed by atoms with E-state index in [1.165, 1.54) is 0 Å². The molecule has 1 aromatic heterocycles. The Bertz CT molecular complexity index is 735. The Balaban J connectivity index is 2.44. The van der Waals surface area contributed by atoms with Crippen molar-refractivity contribution in [1.29, 1.82) is 0 Å². The number of ether oxygens (including phenoxy) is 1. The third-order valence-corrected chi connectivity index (χ3v) is 4.04. The predicted octanol–water partition coefficient (Wildman–Crippen LogP) is 3.15. The van der Waals surface area contributed by atoms with Crippen molar-refractivity contribution in [2.45, 2.75) is 25.9 Å². The molecule has 134 valence electrons. The van der Waals surface area contributed by atoms with Crippen molar-refractivity contribution in [2.24, 2.45) is 0 Å². The van der Waals surface area contributed by atoms with E-state index in [9.17, 15) is 20.2 Å². The first-order valence-corrected chi connectivity index (χ1v) is 7.99. The summed E-state index contributed by atoms with van der Waals surface area (Å²) in [5.41, 5.74) is 0.192. The van der Waals surface area contributed by atoms with Crippen molar-refractivity contribution >= 4 is 23.2 Å². The van der Waals surface area contributed by atoms with Crippen LogP contribution in [0, 0.1) is 20.2 Å². The minimum absolute atomic E-state index is 0.0631. The summed E-state index contributed by atoms with van der Waals surface area (Å²) < 4.78 is 5.46. The van der Waals surface area contributed by atoms with Gasteiger partial charge in [-0.25, -0.2) is 4.98 Å². The lowest BCUT2D eigenvalue weighted by atomic mass is 10.2. The normalized spacial score (nSPS) is 19.6. The van der Waals surface area contributed by atoms with Crippen LogP contribution < -0.4 is 0 Å². The summed E-state index contributed by atoms with van der Waals surface area (Å²) in [4.78, 5) is 26.0. The lowest BCUT2D eigenvalue weighted by Gasteiger charge is -2.23. The summed E-state index contributed by atoms with van der Waals surface area (Å²) in [6, 6.07) is 3.23. The topological polar surface area (TPSA) is 112 Å². The van der Waals surface area contributed by atoms with Gasteiger partial charge in [0.2, 0.25) is 0 Å². The zero-order chi connectivity index (χ0) is 18.6. The van der Waals surface area contributed by atoms with Gasteiger partial charge in [0.15, 0.2) is 0 Å². The van der Waals surface area contributed by atoms with Gasteiger partial charge in [0.05, 0.1) is 15.9 Å². The van der Waals surface area contributed by atoms with E-state index in [0.29, 0.717) is 17.6 Å². The second kappa shape index (κ2) is 8.13. The molecule has 1 saturated heterocycles. The Morgan fingerprint density at radius 3 is 2.68 bits per heavy atom. The Morgan fingerprint density at radius 1 is 1.44 bits per heavy atom. The van der Waals surface area contributed by atoms with Crippen molar-refractivity contribution in [3.63, 3.8) is 0 Å². The average molecular weight is 389 g/mol. The molecule has 0 unspecified atom stereocenters. The molecule has 0 saturated carbocycles. The van der Waals surface area contributed by atoms with Gasteiger partial charge in [0, 0.05) is 12.7 Å². The van der Waals surface area contributed by atoms with E-state index >= 15 is 0 Å². The van der Waals surface area contributed by atoms with Gasteiger partial charge >= 0.3 is 10.9 Å². The monoisotopic (exact) mass is 388 g/mol. The van der Waals surface area contributed by atoms with Gasteiger partial charge in [0.1, 0.15) is 17.8 Å². The molecule has 0 spiro atoms. The second-order valence-electron chi connectivity index (χ2n) is 5.16. The number of hydrogen-bond donors (Lipinski definition) is 0. The first-order valence-electron chi connectivity index (χ1n) is 7.23.